The Labute approximate surface area is 98.9 Å². The zero-order valence-corrected chi connectivity index (χ0v) is 10.9. The van der Waals surface area contributed by atoms with Crippen LogP contribution in [0.1, 0.15) is 43.8 Å². The first-order chi connectivity index (χ1) is 7.24. The molecule has 0 aromatic carbocycles. The van der Waals surface area contributed by atoms with Crippen LogP contribution in [-0.4, -0.2) is 16.4 Å². The van der Waals surface area contributed by atoms with Crippen molar-refractivity contribution in [1.29, 1.82) is 0 Å². The molecule has 1 unspecified atom stereocenters. The highest BCUT2D eigenvalue weighted by Gasteiger charge is 2.21. The number of aryl methyl sites for hydroxylation is 1. The summed E-state index contributed by atoms with van der Waals surface area (Å²) in [6, 6.07) is 0. The molecule has 0 N–H and O–H groups in total. The van der Waals surface area contributed by atoms with E-state index >= 15 is 0 Å². The van der Waals surface area contributed by atoms with Crippen molar-refractivity contribution < 1.29 is 4.74 Å². The second kappa shape index (κ2) is 4.66. The molecule has 4 heteroatoms. The monoisotopic (exact) mass is 272 g/mol. The van der Waals surface area contributed by atoms with Crippen LogP contribution in [0.3, 0.4) is 0 Å². The predicted molar refractivity (Wildman–Crippen MR) is 62.9 cm³/mol. The third-order valence-electron chi connectivity index (χ3n) is 2.87. The summed E-state index contributed by atoms with van der Waals surface area (Å²) in [4.78, 5) is 0. The van der Waals surface area contributed by atoms with Gasteiger partial charge in [-0.2, -0.15) is 5.10 Å². The Morgan fingerprint density at radius 3 is 2.93 bits per heavy atom. The lowest BCUT2D eigenvalue weighted by Gasteiger charge is -2.24. The van der Waals surface area contributed by atoms with Gasteiger partial charge < -0.3 is 4.74 Å². The quantitative estimate of drug-likeness (QED) is 0.827. The smallest absolute Gasteiger partial charge is 0.150 e. The molecule has 1 saturated heterocycles. The maximum atomic E-state index is 5.75. The Bertz CT molecular complexity index is 343. The standard InChI is InChI=1S/C11H17BrN2O/c1-3-9-11(12)8(2)13-14(9)10-6-4-5-7-15-10/h10H,3-7H2,1-2H3. The van der Waals surface area contributed by atoms with Crippen molar-refractivity contribution in [3.8, 4) is 0 Å². The summed E-state index contributed by atoms with van der Waals surface area (Å²) in [5, 5.41) is 4.55. The highest BCUT2D eigenvalue weighted by atomic mass is 79.9. The number of halogens is 1. The summed E-state index contributed by atoms with van der Waals surface area (Å²) in [5.41, 5.74) is 2.31. The number of hydrogen-bond acceptors (Lipinski definition) is 2. The van der Waals surface area contributed by atoms with E-state index in [4.69, 9.17) is 4.74 Å². The van der Waals surface area contributed by atoms with Crippen molar-refractivity contribution in [2.45, 2.75) is 45.8 Å². The predicted octanol–water partition coefficient (Wildman–Crippen LogP) is 3.22. The molecule has 0 radical (unpaired) electrons. The molecule has 0 bridgehead atoms. The molecule has 2 heterocycles. The topological polar surface area (TPSA) is 27.1 Å². The van der Waals surface area contributed by atoms with E-state index in [1.165, 1.54) is 18.5 Å². The van der Waals surface area contributed by atoms with E-state index in [-0.39, 0.29) is 6.23 Å². The fraction of sp³-hybridized carbons (Fsp3) is 0.727. The van der Waals surface area contributed by atoms with E-state index in [0.29, 0.717) is 0 Å². The number of hydrogen-bond donors (Lipinski definition) is 0. The lowest BCUT2D eigenvalue weighted by Crippen LogP contribution is -2.20. The highest BCUT2D eigenvalue weighted by Crippen LogP contribution is 2.29. The van der Waals surface area contributed by atoms with Gasteiger partial charge >= 0.3 is 0 Å². The molecule has 0 spiro atoms. The lowest BCUT2D eigenvalue weighted by atomic mass is 10.2. The summed E-state index contributed by atoms with van der Waals surface area (Å²) < 4.78 is 8.95. The van der Waals surface area contributed by atoms with Crippen LogP contribution < -0.4 is 0 Å². The van der Waals surface area contributed by atoms with Gasteiger partial charge in [-0.15, -0.1) is 0 Å². The van der Waals surface area contributed by atoms with Crippen LogP contribution >= 0.6 is 15.9 Å². The Kier molecular flexibility index (Phi) is 3.46. The highest BCUT2D eigenvalue weighted by molar-refractivity contribution is 9.10. The third kappa shape index (κ3) is 2.11. The number of aromatic nitrogens is 2. The van der Waals surface area contributed by atoms with Crippen molar-refractivity contribution in [2.24, 2.45) is 0 Å². The zero-order chi connectivity index (χ0) is 10.8. The molecule has 3 nitrogen and oxygen atoms in total. The van der Waals surface area contributed by atoms with Crippen LogP contribution in [0.15, 0.2) is 4.47 Å². The fourth-order valence-electron chi connectivity index (χ4n) is 2.05. The minimum absolute atomic E-state index is 0.152. The first kappa shape index (κ1) is 11.1. The van der Waals surface area contributed by atoms with Crippen LogP contribution in [0.4, 0.5) is 0 Å². The molecule has 1 aliphatic rings. The molecule has 1 fully saturated rings. The van der Waals surface area contributed by atoms with E-state index in [0.717, 1.165) is 29.6 Å². The van der Waals surface area contributed by atoms with E-state index in [2.05, 4.69) is 32.6 Å². The molecule has 1 aromatic rings. The molecule has 15 heavy (non-hydrogen) atoms. The molecule has 0 aliphatic carbocycles. The van der Waals surface area contributed by atoms with E-state index in [9.17, 15) is 0 Å². The second-order valence-electron chi connectivity index (χ2n) is 3.97. The fourth-order valence-corrected chi connectivity index (χ4v) is 2.59. The molecular formula is C11H17BrN2O. The first-order valence-electron chi connectivity index (χ1n) is 5.59. The Balaban J connectivity index is 2.29. The molecule has 1 aliphatic heterocycles. The first-order valence-corrected chi connectivity index (χ1v) is 6.38. The van der Waals surface area contributed by atoms with E-state index in [1.54, 1.807) is 0 Å². The third-order valence-corrected chi connectivity index (χ3v) is 3.90. The maximum Gasteiger partial charge on any atom is 0.150 e. The molecule has 0 amide bonds. The van der Waals surface area contributed by atoms with Gasteiger partial charge in [0, 0.05) is 6.61 Å². The summed E-state index contributed by atoms with van der Waals surface area (Å²) in [6.07, 6.45) is 4.64. The minimum Gasteiger partial charge on any atom is -0.357 e. The Morgan fingerprint density at radius 1 is 1.53 bits per heavy atom. The van der Waals surface area contributed by atoms with Gasteiger partial charge in [0.25, 0.3) is 0 Å². The van der Waals surface area contributed by atoms with E-state index in [1.807, 2.05) is 6.92 Å². The van der Waals surface area contributed by atoms with Crippen LogP contribution in [0.25, 0.3) is 0 Å². The largest absolute Gasteiger partial charge is 0.357 e. The molecule has 1 aromatic heterocycles. The van der Waals surface area contributed by atoms with Gasteiger partial charge in [0.15, 0.2) is 6.23 Å². The zero-order valence-electron chi connectivity index (χ0n) is 9.29. The molecule has 1 atom stereocenters. The number of rotatable bonds is 2. The lowest BCUT2D eigenvalue weighted by molar-refractivity contribution is -0.0412. The summed E-state index contributed by atoms with van der Waals surface area (Å²) in [5.74, 6) is 0. The number of ether oxygens (including phenoxy) is 1. The normalized spacial score (nSPS) is 21.9. The van der Waals surface area contributed by atoms with Gasteiger partial charge in [0.05, 0.1) is 15.9 Å². The Hall–Kier alpha value is -0.350. The van der Waals surface area contributed by atoms with Gasteiger partial charge in [-0.3, -0.25) is 0 Å². The van der Waals surface area contributed by atoms with Gasteiger partial charge in [0.1, 0.15) is 0 Å². The van der Waals surface area contributed by atoms with Gasteiger partial charge in [0.2, 0.25) is 0 Å². The van der Waals surface area contributed by atoms with Crippen molar-refractivity contribution in [1.82, 2.24) is 9.78 Å². The Morgan fingerprint density at radius 2 is 2.33 bits per heavy atom. The van der Waals surface area contributed by atoms with E-state index < -0.39 is 0 Å². The van der Waals surface area contributed by atoms with Gasteiger partial charge in [-0.25, -0.2) is 4.68 Å². The molecule has 84 valence electrons. The van der Waals surface area contributed by atoms with Crippen molar-refractivity contribution in [3.63, 3.8) is 0 Å². The van der Waals surface area contributed by atoms with Crippen LogP contribution in [-0.2, 0) is 11.2 Å². The average Bonchev–Trinajstić information content (AvgIpc) is 2.56. The maximum absolute atomic E-state index is 5.75. The average molecular weight is 273 g/mol. The van der Waals surface area contributed by atoms with Gasteiger partial charge in [-0.05, 0) is 48.5 Å². The molecule has 0 saturated carbocycles. The molecule has 2 rings (SSSR count). The van der Waals surface area contributed by atoms with Gasteiger partial charge in [-0.1, -0.05) is 6.92 Å². The second-order valence-corrected chi connectivity index (χ2v) is 4.76. The van der Waals surface area contributed by atoms with Crippen LogP contribution in [0.2, 0.25) is 0 Å². The minimum atomic E-state index is 0.152. The SMILES string of the molecule is CCc1c(Br)c(C)nn1C1CCCCO1. The van der Waals surface area contributed by atoms with Crippen LogP contribution in [0.5, 0.6) is 0 Å². The summed E-state index contributed by atoms with van der Waals surface area (Å²) in [7, 11) is 0. The number of nitrogens with zero attached hydrogens (tertiary/aromatic N) is 2. The molecular weight excluding hydrogens is 256 g/mol. The summed E-state index contributed by atoms with van der Waals surface area (Å²) >= 11 is 3.59. The summed E-state index contributed by atoms with van der Waals surface area (Å²) in [6.45, 7) is 5.05. The van der Waals surface area contributed by atoms with Crippen molar-refractivity contribution >= 4 is 15.9 Å². The van der Waals surface area contributed by atoms with Crippen molar-refractivity contribution in [2.75, 3.05) is 6.61 Å². The van der Waals surface area contributed by atoms with Crippen molar-refractivity contribution in [3.05, 3.63) is 15.9 Å². The van der Waals surface area contributed by atoms with Crippen LogP contribution in [0, 0.1) is 6.92 Å².